The summed E-state index contributed by atoms with van der Waals surface area (Å²) in [5, 5.41) is 6.50. The zero-order valence-corrected chi connectivity index (χ0v) is 15.6. The fourth-order valence-corrected chi connectivity index (χ4v) is 3.66. The van der Waals surface area contributed by atoms with Gasteiger partial charge in [-0.3, -0.25) is 9.59 Å². The third kappa shape index (κ3) is 4.09. The molecule has 3 rings (SSSR count). The van der Waals surface area contributed by atoms with Crippen molar-refractivity contribution in [2.75, 3.05) is 32.2 Å². The third-order valence-electron chi connectivity index (χ3n) is 5.11. The smallest absolute Gasteiger partial charge is 0.227 e. The van der Waals surface area contributed by atoms with E-state index in [0.717, 1.165) is 19.4 Å². The Labute approximate surface area is 154 Å². The van der Waals surface area contributed by atoms with Gasteiger partial charge in [0.05, 0.1) is 25.8 Å². The largest absolute Gasteiger partial charge is 0.497 e. The molecule has 2 aliphatic heterocycles. The number of nitrogens with one attached hydrogen (secondary N) is 2. The van der Waals surface area contributed by atoms with Crippen molar-refractivity contribution in [1.82, 2.24) is 10.6 Å². The number of hydrogen-bond acceptors (Lipinski definition) is 5. The van der Waals surface area contributed by atoms with Crippen LogP contribution in [-0.4, -0.2) is 51.2 Å². The Hall–Kier alpha value is -2.28. The van der Waals surface area contributed by atoms with Crippen molar-refractivity contribution in [3.63, 3.8) is 0 Å². The summed E-state index contributed by atoms with van der Waals surface area (Å²) < 4.78 is 10.5. The second-order valence-electron chi connectivity index (χ2n) is 7.06. The summed E-state index contributed by atoms with van der Waals surface area (Å²) in [6.45, 7) is 3.41. The topological polar surface area (TPSA) is 79.9 Å². The first-order chi connectivity index (χ1) is 12.5. The van der Waals surface area contributed by atoms with Crippen LogP contribution in [-0.2, 0) is 9.59 Å². The van der Waals surface area contributed by atoms with E-state index in [-0.39, 0.29) is 30.2 Å². The molecule has 2 fully saturated rings. The molecule has 26 heavy (non-hydrogen) atoms. The molecule has 7 nitrogen and oxygen atoms in total. The van der Waals surface area contributed by atoms with Crippen LogP contribution in [0, 0.1) is 5.92 Å². The highest BCUT2D eigenvalue weighted by Gasteiger charge is 2.36. The minimum Gasteiger partial charge on any atom is -0.497 e. The van der Waals surface area contributed by atoms with E-state index in [1.165, 1.54) is 0 Å². The SMILES string of the molecule is COc1cc(OC)cc(N2CC(C(=O)NC3CCNC(C)C3)CC2=O)c1. The highest BCUT2D eigenvalue weighted by molar-refractivity contribution is 6.00. The van der Waals surface area contributed by atoms with Crippen LogP contribution in [0.4, 0.5) is 5.69 Å². The fourth-order valence-electron chi connectivity index (χ4n) is 3.66. The first kappa shape index (κ1) is 18.5. The number of anilines is 1. The molecule has 2 amide bonds. The summed E-state index contributed by atoms with van der Waals surface area (Å²) in [7, 11) is 3.14. The maximum atomic E-state index is 12.6. The van der Waals surface area contributed by atoms with E-state index in [4.69, 9.17) is 9.47 Å². The molecule has 7 heteroatoms. The van der Waals surface area contributed by atoms with Gasteiger partial charge in [0, 0.05) is 43.2 Å². The third-order valence-corrected chi connectivity index (χ3v) is 5.11. The summed E-state index contributed by atoms with van der Waals surface area (Å²) in [4.78, 5) is 26.8. The van der Waals surface area contributed by atoms with Gasteiger partial charge in [0.1, 0.15) is 11.5 Å². The van der Waals surface area contributed by atoms with Gasteiger partial charge in [0.25, 0.3) is 0 Å². The summed E-state index contributed by atoms with van der Waals surface area (Å²) >= 11 is 0. The molecule has 1 aromatic rings. The van der Waals surface area contributed by atoms with E-state index in [1.54, 1.807) is 37.3 Å². The minimum absolute atomic E-state index is 0.0326. The van der Waals surface area contributed by atoms with Crippen molar-refractivity contribution >= 4 is 17.5 Å². The summed E-state index contributed by atoms with van der Waals surface area (Å²) in [6.07, 6.45) is 2.07. The number of carbonyl (C=O) groups is 2. The monoisotopic (exact) mass is 361 g/mol. The Kier molecular flexibility index (Phi) is 5.66. The minimum atomic E-state index is -0.329. The average Bonchev–Trinajstić information content (AvgIpc) is 3.03. The molecule has 0 radical (unpaired) electrons. The molecule has 0 aromatic heterocycles. The number of carbonyl (C=O) groups excluding carboxylic acids is 2. The lowest BCUT2D eigenvalue weighted by Gasteiger charge is -2.29. The zero-order valence-electron chi connectivity index (χ0n) is 15.6. The normalized spacial score (nSPS) is 25.9. The van der Waals surface area contributed by atoms with Gasteiger partial charge in [-0.2, -0.15) is 0 Å². The number of nitrogens with zero attached hydrogens (tertiary/aromatic N) is 1. The van der Waals surface area contributed by atoms with Gasteiger partial charge in [0.15, 0.2) is 0 Å². The maximum absolute atomic E-state index is 12.6. The Morgan fingerprint density at radius 1 is 1.23 bits per heavy atom. The molecule has 0 saturated carbocycles. The van der Waals surface area contributed by atoms with Crippen LogP contribution in [0.25, 0.3) is 0 Å². The molecule has 0 bridgehead atoms. The van der Waals surface area contributed by atoms with Crippen LogP contribution >= 0.6 is 0 Å². The second kappa shape index (κ2) is 7.95. The molecule has 2 heterocycles. The molecule has 3 atom stereocenters. The van der Waals surface area contributed by atoms with E-state index >= 15 is 0 Å². The Morgan fingerprint density at radius 2 is 1.92 bits per heavy atom. The number of ether oxygens (including phenoxy) is 2. The van der Waals surface area contributed by atoms with Gasteiger partial charge in [-0.05, 0) is 26.3 Å². The zero-order chi connectivity index (χ0) is 18.7. The molecular weight excluding hydrogens is 334 g/mol. The molecular formula is C19H27N3O4. The molecule has 2 N–H and O–H groups in total. The van der Waals surface area contributed by atoms with Crippen molar-refractivity contribution in [3.8, 4) is 11.5 Å². The van der Waals surface area contributed by atoms with E-state index in [2.05, 4.69) is 17.6 Å². The van der Waals surface area contributed by atoms with Crippen molar-refractivity contribution in [1.29, 1.82) is 0 Å². The Bertz CT molecular complexity index is 656. The van der Waals surface area contributed by atoms with Crippen LogP contribution in [0.5, 0.6) is 11.5 Å². The molecule has 2 aliphatic rings. The van der Waals surface area contributed by atoms with Gasteiger partial charge in [-0.15, -0.1) is 0 Å². The van der Waals surface area contributed by atoms with Crippen molar-refractivity contribution in [2.24, 2.45) is 5.92 Å². The summed E-state index contributed by atoms with van der Waals surface area (Å²) in [5.74, 6) is 0.811. The van der Waals surface area contributed by atoms with Crippen LogP contribution in [0.1, 0.15) is 26.2 Å². The average molecular weight is 361 g/mol. The predicted molar refractivity (Wildman–Crippen MR) is 98.6 cm³/mol. The van der Waals surface area contributed by atoms with E-state index in [1.807, 2.05) is 0 Å². The Balaban J connectivity index is 1.67. The predicted octanol–water partition coefficient (Wildman–Crippen LogP) is 1.31. The van der Waals surface area contributed by atoms with Gasteiger partial charge >= 0.3 is 0 Å². The van der Waals surface area contributed by atoms with E-state index in [0.29, 0.717) is 29.8 Å². The van der Waals surface area contributed by atoms with Crippen LogP contribution < -0.4 is 25.0 Å². The quantitative estimate of drug-likeness (QED) is 0.827. The van der Waals surface area contributed by atoms with Crippen molar-refractivity contribution < 1.29 is 19.1 Å². The van der Waals surface area contributed by atoms with Crippen LogP contribution in [0.2, 0.25) is 0 Å². The molecule has 142 valence electrons. The number of hydrogen-bond donors (Lipinski definition) is 2. The van der Waals surface area contributed by atoms with Gasteiger partial charge < -0.3 is 25.0 Å². The first-order valence-corrected chi connectivity index (χ1v) is 9.07. The summed E-state index contributed by atoms with van der Waals surface area (Å²) in [5.41, 5.74) is 0.692. The van der Waals surface area contributed by atoms with Crippen LogP contribution in [0.3, 0.4) is 0 Å². The van der Waals surface area contributed by atoms with Crippen molar-refractivity contribution in [3.05, 3.63) is 18.2 Å². The number of amides is 2. The number of rotatable bonds is 5. The highest BCUT2D eigenvalue weighted by atomic mass is 16.5. The number of methoxy groups -OCH3 is 2. The Morgan fingerprint density at radius 3 is 2.54 bits per heavy atom. The standard InChI is InChI=1S/C19H27N3O4/c1-12-6-14(4-5-20-12)21-19(24)13-7-18(23)22(11-13)15-8-16(25-2)10-17(9-15)26-3/h8-10,12-14,20H,4-7,11H2,1-3H3,(H,21,24). The molecule has 3 unspecified atom stereocenters. The fraction of sp³-hybridized carbons (Fsp3) is 0.579. The summed E-state index contributed by atoms with van der Waals surface area (Å²) in [6, 6.07) is 5.91. The van der Waals surface area contributed by atoms with Gasteiger partial charge in [-0.25, -0.2) is 0 Å². The second-order valence-corrected chi connectivity index (χ2v) is 7.06. The first-order valence-electron chi connectivity index (χ1n) is 9.07. The molecule has 1 aromatic carbocycles. The lowest BCUT2D eigenvalue weighted by molar-refractivity contribution is -0.127. The lowest BCUT2D eigenvalue weighted by atomic mass is 9.99. The maximum Gasteiger partial charge on any atom is 0.227 e. The lowest BCUT2D eigenvalue weighted by Crippen LogP contribution is -2.48. The number of piperidine rings is 1. The molecule has 2 saturated heterocycles. The highest BCUT2D eigenvalue weighted by Crippen LogP contribution is 2.32. The van der Waals surface area contributed by atoms with E-state index in [9.17, 15) is 9.59 Å². The number of benzene rings is 1. The molecule has 0 aliphatic carbocycles. The van der Waals surface area contributed by atoms with E-state index < -0.39 is 0 Å². The van der Waals surface area contributed by atoms with Crippen molar-refractivity contribution in [2.45, 2.75) is 38.3 Å². The molecule has 0 spiro atoms. The van der Waals surface area contributed by atoms with Gasteiger partial charge in [0.2, 0.25) is 11.8 Å². The van der Waals surface area contributed by atoms with Crippen LogP contribution in [0.15, 0.2) is 18.2 Å². The van der Waals surface area contributed by atoms with Gasteiger partial charge in [-0.1, -0.05) is 0 Å².